The third-order valence-corrected chi connectivity index (χ3v) is 6.20. The number of ether oxygens (including phenoxy) is 1. The van der Waals surface area contributed by atoms with E-state index in [1.54, 1.807) is 36.7 Å². The minimum absolute atomic E-state index is 0.0414. The van der Waals surface area contributed by atoms with Crippen LogP contribution in [0, 0.1) is 5.92 Å². The third kappa shape index (κ3) is 3.34. The summed E-state index contributed by atoms with van der Waals surface area (Å²) < 4.78 is 6.56. The van der Waals surface area contributed by atoms with E-state index >= 15 is 0 Å². The lowest BCUT2D eigenvalue weighted by Gasteiger charge is -2.43. The number of piperidine rings is 1. The molecule has 8 heteroatoms. The van der Waals surface area contributed by atoms with Crippen molar-refractivity contribution in [3.05, 3.63) is 76.0 Å². The van der Waals surface area contributed by atoms with Crippen molar-refractivity contribution >= 4 is 11.9 Å². The number of pyridine rings is 1. The first-order valence-electron chi connectivity index (χ1n) is 10.3. The van der Waals surface area contributed by atoms with E-state index in [1.807, 2.05) is 21.6 Å². The van der Waals surface area contributed by atoms with Crippen molar-refractivity contribution in [1.29, 1.82) is 0 Å². The van der Waals surface area contributed by atoms with Crippen LogP contribution in [0.1, 0.15) is 38.7 Å². The van der Waals surface area contributed by atoms with Crippen LogP contribution < -0.4 is 5.56 Å². The summed E-state index contributed by atoms with van der Waals surface area (Å²) in [5.41, 5.74) is 2.44. The van der Waals surface area contributed by atoms with Crippen LogP contribution in [0.15, 0.2) is 53.6 Å². The van der Waals surface area contributed by atoms with Crippen LogP contribution >= 0.6 is 0 Å². The number of likely N-dealkylation sites (tertiary alicyclic amines) is 1. The predicted octanol–water partition coefficient (Wildman–Crippen LogP) is 2.28. The van der Waals surface area contributed by atoms with Gasteiger partial charge in [-0.2, -0.15) is 0 Å². The number of hydrogen-bond acceptors (Lipinski definition) is 5. The molecular weight excluding hydrogens is 396 g/mol. The van der Waals surface area contributed by atoms with E-state index in [0.29, 0.717) is 42.1 Å². The molecule has 0 unspecified atom stereocenters. The van der Waals surface area contributed by atoms with Gasteiger partial charge < -0.3 is 19.2 Å². The van der Waals surface area contributed by atoms with Crippen LogP contribution in [-0.2, 0) is 11.3 Å². The molecule has 1 saturated heterocycles. The monoisotopic (exact) mass is 418 g/mol. The summed E-state index contributed by atoms with van der Waals surface area (Å²) in [6.07, 6.45) is 4.30. The molecule has 0 saturated carbocycles. The highest BCUT2D eigenvalue weighted by Gasteiger charge is 2.37. The lowest BCUT2D eigenvalue weighted by atomic mass is 9.82. The minimum atomic E-state index is -0.428. The molecule has 2 bridgehead atoms. The Bertz CT molecular complexity index is 1200. The molecule has 2 aromatic heterocycles. The number of carbonyl (C=O) groups is 2. The Balaban J connectivity index is 1.39. The van der Waals surface area contributed by atoms with Gasteiger partial charge >= 0.3 is 5.97 Å². The zero-order chi connectivity index (χ0) is 21.5. The molecule has 0 spiro atoms. The van der Waals surface area contributed by atoms with Gasteiger partial charge in [-0.15, -0.1) is 0 Å². The van der Waals surface area contributed by atoms with Crippen LogP contribution in [0.25, 0.3) is 11.4 Å². The second kappa shape index (κ2) is 7.54. The van der Waals surface area contributed by atoms with Crippen LogP contribution in [0.5, 0.6) is 0 Å². The predicted molar refractivity (Wildman–Crippen MR) is 113 cm³/mol. The molecule has 4 heterocycles. The highest BCUT2D eigenvalue weighted by molar-refractivity contribution is 5.96. The Morgan fingerprint density at radius 2 is 1.84 bits per heavy atom. The van der Waals surface area contributed by atoms with Crippen molar-refractivity contribution in [2.45, 2.75) is 18.9 Å². The number of amides is 1. The molecule has 2 atom stereocenters. The molecule has 2 aliphatic rings. The Kier molecular flexibility index (Phi) is 4.69. The average Bonchev–Trinajstić information content (AvgIpc) is 3.33. The van der Waals surface area contributed by atoms with Crippen molar-refractivity contribution in [2.24, 2.45) is 5.92 Å². The summed E-state index contributed by atoms with van der Waals surface area (Å²) in [4.78, 5) is 46.9. The number of imidazole rings is 1. The van der Waals surface area contributed by atoms with E-state index in [4.69, 9.17) is 4.74 Å². The van der Waals surface area contributed by atoms with Crippen molar-refractivity contribution in [1.82, 2.24) is 19.4 Å². The first-order chi connectivity index (χ1) is 15.0. The zero-order valence-electron chi connectivity index (χ0n) is 17.1. The second-order valence-corrected chi connectivity index (χ2v) is 8.10. The number of aromatic amines is 1. The van der Waals surface area contributed by atoms with Crippen molar-refractivity contribution in [2.75, 3.05) is 20.2 Å². The average molecular weight is 418 g/mol. The Morgan fingerprint density at radius 1 is 1.06 bits per heavy atom. The Morgan fingerprint density at radius 3 is 2.55 bits per heavy atom. The molecule has 31 heavy (non-hydrogen) atoms. The normalized spacial score (nSPS) is 19.6. The number of nitrogens with zero attached hydrogens (tertiary/aromatic N) is 3. The molecule has 1 N–H and O–H groups in total. The van der Waals surface area contributed by atoms with E-state index in [0.717, 1.165) is 12.1 Å². The molecule has 1 amide bonds. The highest BCUT2D eigenvalue weighted by atomic mass is 16.5. The molecule has 0 radical (unpaired) electrons. The molecule has 0 aliphatic carbocycles. The Labute approximate surface area is 178 Å². The topological polar surface area (TPSA) is 97.3 Å². The Hall–Kier alpha value is -3.68. The fourth-order valence-corrected chi connectivity index (χ4v) is 4.75. The number of H-pyrrole nitrogens is 1. The summed E-state index contributed by atoms with van der Waals surface area (Å²) in [5.74, 6) is 0.415. The van der Waals surface area contributed by atoms with Gasteiger partial charge in [0, 0.05) is 49.2 Å². The van der Waals surface area contributed by atoms with Crippen LogP contribution in [-0.4, -0.2) is 51.5 Å². The zero-order valence-corrected chi connectivity index (χ0v) is 17.1. The standard InChI is InChI=1S/C23H22N4O4/c1-31-23(30)16-4-2-15(3-5-16)21(28)26-11-14-10-17(13-26)19-7-6-18(20-24-8-9-25-20)22(29)27(19)12-14/h2-9,14,17H,10-13H2,1H3,(H,24,25)/t14-,17+/m0/s1. The van der Waals surface area contributed by atoms with Crippen LogP contribution in [0.2, 0.25) is 0 Å². The van der Waals surface area contributed by atoms with Gasteiger partial charge in [-0.25, -0.2) is 9.78 Å². The van der Waals surface area contributed by atoms with Gasteiger partial charge in [0.2, 0.25) is 0 Å². The largest absolute Gasteiger partial charge is 0.465 e. The van der Waals surface area contributed by atoms with Gasteiger partial charge in [0.15, 0.2) is 0 Å². The highest BCUT2D eigenvalue weighted by Crippen LogP contribution is 2.36. The molecule has 1 aromatic carbocycles. The molecule has 3 aromatic rings. The summed E-state index contributed by atoms with van der Waals surface area (Å²) in [7, 11) is 1.33. The number of carbonyl (C=O) groups excluding carboxylic acids is 2. The van der Waals surface area contributed by atoms with Gasteiger partial charge in [0.05, 0.1) is 18.2 Å². The number of aromatic nitrogens is 3. The maximum Gasteiger partial charge on any atom is 0.337 e. The van der Waals surface area contributed by atoms with E-state index in [-0.39, 0.29) is 23.3 Å². The fraction of sp³-hybridized carbons (Fsp3) is 0.304. The first kappa shape index (κ1) is 19.3. The molecule has 158 valence electrons. The van der Waals surface area contributed by atoms with E-state index in [1.165, 1.54) is 7.11 Å². The number of methoxy groups -OCH3 is 1. The summed E-state index contributed by atoms with van der Waals surface area (Å²) in [5, 5.41) is 0. The lowest BCUT2D eigenvalue weighted by molar-refractivity contribution is 0.0585. The fourth-order valence-electron chi connectivity index (χ4n) is 4.75. The molecule has 8 nitrogen and oxygen atoms in total. The smallest absolute Gasteiger partial charge is 0.337 e. The van der Waals surface area contributed by atoms with Crippen molar-refractivity contribution < 1.29 is 14.3 Å². The maximum absolute atomic E-state index is 13.1. The van der Waals surface area contributed by atoms with Gasteiger partial charge in [-0.1, -0.05) is 0 Å². The number of esters is 1. The molecular formula is C23H22N4O4. The summed E-state index contributed by atoms with van der Waals surface area (Å²) >= 11 is 0. The van der Waals surface area contributed by atoms with E-state index < -0.39 is 5.97 Å². The molecule has 5 rings (SSSR count). The lowest BCUT2D eigenvalue weighted by Crippen LogP contribution is -2.49. The van der Waals surface area contributed by atoms with Gasteiger partial charge in [0.25, 0.3) is 11.5 Å². The third-order valence-electron chi connectivity index (χ3n) is 6.20. The molecule has 1 fully saturated rings. The minimum Gasteiger partial charge on any atom is -0.465 e. The number of rotatable bonds is 3. The number of nitrogens with one attached hydrogen (secondary N) is 1. The van der Waals surface area contributed by atoms with Crippen molar-refractivity contribution in [3.8, 4) is 11.4 Å². The van der Waals surface area contributed by atoms with Crippen molar-refractivity contribution in [3.63, 3.8) is 0 Å². The van der Waals surface area contributed by atoms with E-state index in [2.05, 4.69) is 9.97 Å². The van der Waals surface area contributed by atoms with Gasteiger partial charge in [-0.3, -0.25) is 9.59 Å². The van der Waals surface area contributed by atoms with Crippen LogP contribution in [0.3, 0.4) is 0 Å². The number of hydrogen-bond donors (Lipinski definition) is 1. The first-order valence-corrected chi connectivity index (χ1v) is 10.3. The molecule has 2 aliphatic heterocycles. The maximum atomic E-state index is 13.1. The van der Waals surface area contributed by atoms with Gasteiger partial charge in [-0.05, 0) is 48.7 Å². The SMILES string of the molecule is COC(=O)c1ccc(C(=O)N2C[C@@H]3C[C@H](C2)c2ccc(-c4ncc[nH]4)c(=O)n2C3)cc1. The van der Waals surface area contributed by atoms with Gasteiger partial charge in [0.1, 0.15) is 5.82 Å². The number of fused-ring (bicyclic) bond motifs is 4. The quantitative estimate of drug-likeness (QED) is 0.658. The summed E-state index contributed by atoms with van der Waals surface area (Å²) in [6, 6.07) is 10.3. The van der Waals surface area contributed by atoms with E-state index in [9.17, 15) is 14.4 Å². The number of benzene rings is 1. The van der Waals surface area contributed by atoms with Crippen LogP contribution in [0.4, 0.5) is 0 Å². The second-order valence-electron chi connectivity index (χ2n) is 8.10. The summed E-state index contributed by atoms with van der Waals surface area (Å²) in [6.45, 7) is 1.75.